The lowest BCUT2D eigenvalue weighted by Gasteiger charge is -1.99. The Bertz CT molecular complexity index is 578. The fourth-order valence-corrected chi connectivity index (χ4v) is 1.72. The van der Waals surface area contributed by atoms with Crippen molar-refractivity contribution < 1.29 is 13.9 Å². The number of rotatable bonds is 2. The fraction of sp³-hybridized carbons (Fsp3) is 0. The Hall–Kier alpha value is -1.88. The van der Waals surface area contributed by atoms with Gasteiger partial charge in [0.15, 0.2) is 5.58 Å². The molecule has 2 rings (SSSR count). The molecule has 0 N–H and O–H groups in total. The van der Waals surface area contributed by atoms with E-state index in [-0.39, 0.29) is 4.94 Å². The molecule has 5 heteroatoms. The number of fused-ring (bicyclic) bond motifs is 1. The third-order valence-corrected chi connectivity index (χ3v) is 2.49. The smallest absolute Gasteiger partial charge is 0.396 e. The van der Waals surface area contributed by atoms with Gasteiger partial charge in [-0.25, -0.2) is 9.59 Å². The first-order valence-electron chi connectivity index (χ1n) is 4.07. The van der Waals surface area contributed by atoms with Gasteiger partial charge < -0.3 is 9.15 Å². The highest BCUT2D eigenvalue weighted by Gasteiger charge is 2.05. The number of carbonyl (C=O) groups excluding carboxylic acids is 1. The van der Waals surface area contributed by atoms with Crippen LogP contribution in [0.1, 0.15) is 0 Å². The van der Waals surface area contributed by atoms with Crippen LogP contribution in [0.2, 0.25) is 0 Å². The predicted octanol–water partition coefficient (Wildman–Crippen LogP) is 1.95. The van der Waals surface area contributed by atoms with Gasteiger partial charge in [0.25, 0.3) is 0 Å². The largest absolute Gasteiger partial charge is 0.423 e. The van der Waals surface area contributed by atoms with Crippen molar-refractivity contribution in [1.29, 1.82) is 0 Å². The number of carbonyl (C=O) groups is 1. The maximum absolute atomic E-state index is 10.9. The molecule has 0 spiro atoms. The van der Waals surface area contributed by atoms with Crippen molar-refractivity contribution in [3.8, 4) is 5.75 Å². The molecule has 1 aromatic carbocycles. The van der Waals surface area contributed by atoms with Crippen molar-refractivity contribution in [1.82, 2.24) is 0 Å². The van der Waals surface area contributed by atoms with Gasteiger partial charge in [0.2, 0.25) is 0 Å². The average molecular weight is 222 g/mol. The standard InChI is InChI=1S/C10H6O4S/c1-2-9(11)13-6-3-4-8-7(5-6)14-10(12)15-8/h2-5H,1H2. The highest BCUT2D eigenvalue weighted by molar-refractivity contribution is 7.16. The monoisotopic (exact) mass is 222 g/mol. The Balaban J connectivity index is 2.42. The predicted molar refractivity (Wildman–Crippen MR) is 56.2 cm³/mol. The van der Waals surface area contributed by atoms with E-state index in [1.54, 1.807) is 12.1 Å². The SMILES string of the molecule is C=CC(=O)Oc1ccc2sc(=O)oc2c1. The van der Waals surface area contributed by atoms with E-state index in [1.165, 1.54) is 6.07 Å². The number of benzene rings is 1. The van der Waals surface area contributed by atoms with Gasteiger partial charge in [-0.15, -0.1) is 0 Å². The summed E-state index contributed by atoms with van der Waals surface area (Å²) in [6.07, 6.45) is 1.06. The second kappa shape index (κ2) is 3.70. The van der Waals surface area contributed by atoms with E-state index in [4.69, 9.17) is 9.15 Å². The van der Waals surface area contributed by atoms with Crippen LogP contribution in [0.4, 0.5) is 0 Å². The zero-order valence-corrected chi connectivity index (χ0v) is 8.37. The third-order valence-electron chi connectivity index (χ3n) is 1.69. The topological polar surface area (TPSA) is 56.5 Å². The minimum absolute atomic E-state index is 0.328. The van der Waals surface area contributed by atoms with Crippen LogP contribution < -0.4 is 9.68 Å². The zero-order valence-electron chi connectivity index (χ0n) is 7.56. The van der Waals surface area contributed by atoms with Gasteiger partial charge in [-0.05, 0) is 12.1 Å². The third kappa shape index (κ3) is 1.97. The minimum atomic E-state index is -0.549. The molecule has 76 valence electrons. The molecule has 0 aliphatic heterocycles. The molecule has 0 bridgehead atoms. The molecule has 0 saturated heterocycles. The lowest BCUT2D eigenvalue weighted by Crippen LogP contribution is -2.02. The Kier molecular flexibility index (Phi) is 2.39. The number of esters is 1. The van der Waals surface area contributed by atoms with Crippen LogP contribution in [0.15, 0.2) is 40.1 Å². The zero-order chi connectivity index (χ0) is 10.8. The molecule has 0 atom stereocenters. The highest BCUT2D eigenvalue weighted by atomic mass is 32.1. The van der Waals surface area contributed by atoms with E-state index in [0.717, 1.165) is 22.1 Å². The molecule has 2 aromatic rings. The van der Waals surface area contributed by atoms with Crippen LogP contribution in [0.5, 0.6) is 5.75 Å². The summed E-state index contributed by atoms with van der Waals surface area (Å²) >= 11 is 1.00. The maximum Gasteiger partial charge on any atom is 0.396 e. The lowest BCUT2D eigenvalue weighted by atomic mass is 10.3. The molecule has 0 aliphatic rings. The van der Waals surface area contributed by atoms with E-state index in [1.807, 2.05) is 0 Å². The van der Waals surface area contributed by atoms with Crippen LogP contribution in [0.25, 0.3) is 10.3 Å². The summed E-state index contributed by atoms with van der Waals surface area (Å²) < 4.78 is 10.5. The second-order valence-electron chi connectivity index (χ2n) is 2.69. The van der Waals surface area contributed by atoms with Crippen LogP contribution in [0.3, 0.4) is 0 Å². The van der Waals surface area contributed by atoms with Gasteiger partial charge in [0.1, 0.15) is 5.75 Å². The van der Waals surface area contributed by atoms with Crippen LogP contribution in [-0.2, 0) is 4.79 Å². The molecular formula is C10H6O4S. The first kappa shape index (κ1) is 9.67. The summed E-state index contributed by atoms with van der Waals surface area (Å²) in [6.45, 7) is 3.28. The van der Waals surface area contributed by atoms with Crippen molar-refractivity contribution in [3.05, 3.63) is 40.6 Å². The molecule has 0 aliphatic carbocycles. The Morgan fingerprint density at radius 2 is 2.33 bits per heavy atom. The van der Waals surface area contributed by atoms with Crippen molar-refractivity contribution in [2.75, 3.05) is 0 Å². The van der Waals surface area contributed by atoms with E-state index in [9.17, 15) is 9.59 Å². The van der Waals surface area contributed by atoms with Gasteiger partial charge in [0, 0.05) is 12.1 Å². The first-order valence-corrected chi connectivity index (χ1v) is 4.88. The molecule has 0 saturated carbocycles. The quantitative estimate of drug-likeness (QED) is 0.442. The van der Waals surface area contributed by atoms with E-state index >= 15 is 0 Å². The molecule has 0 amide bonds. The molecule has 1 heterocycles. The number of hydrogen-bond acceptors (Lipinski definition) is 5. The molecule has 15 heavy (non-hydrogen) atoms. The number of hydrogen-bond donors (Lipinski definition) is 0. The minimum Gasteiger partial charge on any atom is -0.423 e. The molecule has 4 nitrogen and oxygen atoms in total. The van der Waals surface area contributed by atoms with Crippen molar-refractivity contribution >= 4 is 27.6 Å². The van der Waals surface area contributed by atoms with Gasteiger partial charge >= 0.3 is 10.9 Å². The maximum atomic E-state index is 10.9. The van der Waals surface area contributed by atoms with Crippen LogP contribution >= 0.6 is 11.3 Å². The van der Waals surface area contributed by atoms with Gasteiger partial charge in [0.05, 0.1) is 4.70 Å². The summed E-state index contributed by atoms with van der Waals surface area (Å²) in [5.74, 6) is -0.221. The first-order chi connectivity index (χ1) is 7.19. The molecule has 0 radical (unpaired) electrons. The highest BCUT2D eigenvalue weighted by Crippen LogP contribution is 2.22. The van der Waals surface area contributed by atoms with Gasteiger partial charge in [-0.2, -0.15) is 0 Å². The second-order valence-corrected chi connectivity index (χ2v) is 3.67. The lowest BCUT2D eigenvalue weighted by molar-refractivity contribution is -0.128. The van der Waals surface area contributed by atoms with Crippen molar-refractivity contribution in [2.24, 2.45) is 0 Å². The summed E-state index contributed by atoms with van der Waals surface area (Å²) in [7, 11) is 0. The van der Waals surface area contributed by atoms with E-state index in [2.05, 4.69) is 6.58 Å². The molecule has 0 unspecified atom stereocenters. The van der Waals surface area contributed by atoms with Crippen molar-refractivity contribution in [3.63, 3.8) is 0 Å². The normalized spacial score (nSPS) is 10.1. The van der Waals surface area contributed by atoms with Crippen LogP contribution in [0, 0.1) is 0 Å². The molecular weight excluding hydrogens is 216 g/mol. The number of ether oxygens (including phenoxy) is 1. The van der Waals surface area contributed by atoms with E-state index in [0.29, 0.717) is 11.3 Å². The fourth-order valence-electron chi connectivity index (χ4n) is 1.07. The van der Waals surface area contributed by atoms with Crippen molar-refractivity contribution in [2.45, 2.75) is 0 Å². The van der Waals surface area contributed by atoms with Gasteiger partial charge in [-0.3, -0.25) is 0 Å². The average Bonchev–Trinajstić information content (AvgIpc) is 2.57. The summed E-state index contributed by atoms with van der Waals surface area (Å²) in [6, 6.07) is 4.75. The van der Waals surface area contributed by atoms with Gasteiger partial charge in [-0.1, -0.05) is 17.9 Å². The Morgan fingerprint density at radius 3 is 3.07 bits per heavy atom. The Morgan fingerprint density at radius 1 is 1.53 bits per heavy atom. The van der Waals surface area contributed by atoms with E-state index < -0.39 is 5.97 Å². The van der Waals surface area contributed by atoms with Crippen LogP contribution in [-0.4, -0.2) is 5.97 Å². The molecule has 1 aromatic heterocycles. The Labute approximate surface area is 88.4 Å². The molecule has 0 fully saturated rings. The summed E-state index contributed by atoms with van der Waals surface area (Å²) in [5, 5.41) is 0. The summed E-state index contributed by atoms with van der Waals surface area (Å²) in [5.41, 5.74) is 0.416. The summed E-state index contributed by atoms with van der Waals surface area (Å²) in [4.78, 5) is 21.4.